The number of carboxylic acids is 1. The minimum Gasteiger partial charge on any atom is -0.550 e. The van der Waals surface area contributed by atoms with Crippen LogP contribution in [0.25, 0.3) is 0 Å². The second-order valence-electron chi connectivity index (χ2n) is 12.7. The summed E-state index contributed by atoms with van der Waals surface area (Å²) >= 11 is 0. The lowest BCUT2D eigenvalue weighted by Gasteiger charge is -2.23. The summed E-state index contributed by atoms with van der Waals surface area (Å²) in [4.78, 5) is 10.2. The number of carbonyl (C=O) groups excluding carboxylic acids is 1. The van der Waals surface area contributed by atoms with Crippen LogP contribution in [0.5, 0.6) is 0 Å². The second kappa shape index (κ2) is 29.0. The Labute approximate surface area is 228 Å². The van der Waals surface area contributed by atoms with E-state index in [1.165, 1.54) is 141 Å². The van der Waals surface area contributed by atoms with Crippen molar-refractivity contribution in [3.63, 3.8) is 0 Å². The highest BCUT2D eigenvalue weighted by Gasteiger charge is 2.05. The van der Waals surface area contributed by atoms with Gasteiger partial charge in [0.15, 0.2) is 0 Å². The van der Waals surface area contributed by atoms with Crippen molar-refractivity contribution in [1.29, 1.82) is 0 Å². The Morgan fingerprint density at radius 2 is 0.889 bits per heavy atom. The van der Waals surface area contributed by atoms with Crippen LogP contribution in [-0.4, -0.2) is 38.1 Å². The molecule has 0 saturated heterocycles. The highest BCUT2D eigenvalue weighted by atomic mass is 16.4. The average Bonchev–Trinajstić information content (AvgIpc) is 2.80. The first-order valence-electron chi connectivity index (χ1n) is 16.2. The van der Waals surface area contributed by atoms with Crippen molar-refractivity contribution < 1.29 is 14.4 Å². The van der Waals surface area contributed by atoms with Crippen LogP contribution in [0.4, 0.5) is 0 Å². The Bertz CT molecular complexity index is 428. The number of aliphatic carboxylic acids is 1. The molecule has 36 heavy (non-hydrogen) atoms. The fourth-order valence-corrected chi connectivity index (χ4v) is 4.66. The molecule has 0 spiro atoms. The maximum absolute atomic E-state index is 10.2. The molecular weight excluding hydrogens is 442 g/mol. The average molecular weight is 512 g/mol. The summed E-state index contributed by atoms with van der Waals surface area (Å²) in [6.07, 6.45) is 31.4. The minimum atomic E-state index is -0.904. The third-order valence-corrected chi connectivity index (χ3v) is 7.09. The highest BCUT2D eigenvalue weighted by molar-refractivity contribution is 5.64. The molecule has 218 valence electrons. The molecule has 3 nitrogen and oxygen atoms in total. The van der Waals surface area contributed by atoms with Crippen molar-refractivity contribution in [1.82, 2.24) is 0 Å². The standard InChI is InChI=1S/C18H36O2.C15H34N/c1-17(2)15-13-11-9-7-5-3-4-6-8-10-12-14-16-18(19)20;1-5-6-7-8-9-10-11-12-13-14-15-16(2,3)4/h17H,3-16H2,1-2H3,(H,19,20);5-15H2,1-4H3/q;+1/p-1. The molecule has 0 aliphatic rings. The van der Waals surface area contributed by atoms with E-state index in [0.29, 0.717) is 0 Å². The molecule has 0 radical (unpaired) electrons. The topological polar surface area (TPSA) is 40.1 Å². The van der Waals surface area contributed by atoms with Crippen LogP contribution in [-0.2, 0) is 4.79 Å². The van der Waals surface area contributed by atoms with Crippen molar-refractivity contribution in [3.05, 3.63) is 0 Å². The van der Waals surface area contributed by atoms with Crippen LogP contribution < -0.4 is 5.11 Å². The van der Waals surface area contributed by atoms with E-state index in [2.05, 4.69) is 41.9 Å². The zero-order valence-electron chi connectivity index (χ0n) is 26.0. The molecule has 3 heteroatoms. The van der Waals surface area contributed by atoms with Gasteiger partial charge in [-0.3, -0.25) is 0 Å². The fraction of sp³-hybridized carbons (Fsp3) is 0.970. The summed E-state index contributed by atoms with van der Waals surface area (Å²) < 4.78 is 1.12. The highest BCUT2D eigenvalue weighted by Crippen LogP contribution is 2.14. The van der Waals surface area contributed by atoms with Crippen molar-refractivity contribution in [3.8, 4) is 0 Å². The molecule has 0 saturated carbocycles. The van der Waals surface area contributed by atoms with E-state index < -0.39 is 5.97 Å². The number of hydrogen-bond donors (Lipinski definition) is 0. The molecule has 0 aromatic heterocycles. The van der Waals surface area contributed by atoms with Crippen LogP contribution >= 0.6 is 0 Å². The molecule has 0 fully saturated rings. The molecular formula is C33H69NO2. The van der Waals surface area contributed by atoms with Gasteiger partial charge < -0.3 is 14.4 Å². The number of nitrogens with zero attached hydrogens (tertiary/aromatic N) is 1. The fourth-order valence-electron chi connectivity index (χ4n) is 4.66. The predicted octanol–water partition coefficient (Wildman–Crippen LogP) is 9.47. The summed E-state index contributed by atoms with van der Waals surface area (Å²) in [5.74, 6) is -0.0415. The summed E-state index contributed by atoms with van der Waals surface area (Å²) in [5, 5.41) is 10.2. The van der Waals surface area contributed by atoms with Gasteiger partial charge in [0.05, 0.1) is 27.7 Å². The van der Waals surface area contributed by atoms with Gasteiger partial charge in [-0.05, 0) is 31.6 Å². The molecule has 0 aliphatic heterocycles. The van der Waals surface area contributed by atoms with Crippen molar-refractivity contribution >= 4 is 5.97 Å². The Morgan fingerprint density at radius 1 is 0.556 bits per heavy atom. The van der Waals surface area contributed by atoms with E-state index in [1.54, 1.807) is 0 Å². The van der Waals surface area contributed by atoms with Crippen LogP contribution in [0.1, 0.15) is 175 Å². The van der Waals surface area contributed by atoms with Gasteiger partial charge in [0.2, 0.25) is 0 Å². The van der Waals surface area contributed by atoms with Gasteiger partial charge in [-0.25, -0.2) is 0 Å². The smallest absolute Gasteiger partial charge is 0.0780 e. The lowest BCUT2D eigenvalue weighted by molar-refractivity contribution is -0.870. The molecule has 0 aromatic rings. The Balaban J connectivity index is 0. The number of hydrogen-bond acceptors (Lipinski definition) is 2. The number of quaternary nitrogens is 1. The first-order valence-corrected chi connectivity index (χ1v) is 16.2. The second-order valence-corrected chi connectivity index (χ2v) is 12.7. The maximum atomic E-state index is 10.2. The summed E-state index contributed by atoms with van der Waals surface area (Å²) in [5.41, 5.74) is 0. The third-order valence-electron chi connectivity index (χ3n) is 7.09. The largest absolute Gasteiger partial charge is 0.550 e. The van der Waals surface area contributed by atoms with Gasteiger partial charge in [-0.15, -0.1) is 0 Å². The molecule has 0 bridgehead atoms. The molecule has 0 rings (SSSR count). The number of unbranched alkanes of at least 4 members (excludes halogenated alkanes) is 20. The molecule has 0 heterocycles. The van der Waals surface area contributed by atoms with Crippen molar-refractivity contribution in [2.24, 2.45) is 5.92 Å². The van der Waals surface area contributed by atoms with E-state index in [1.807, 2.05) is 0 Å². The summed E-state index contributed by atoms with van der Waals surface area (Å²) in [7, 11) is 6.86. The Kier molecular flexibility index (Phi) is 30.3. The quantitative estimate of drug-likeness (QED) is 0.0856. The van der Waals surface area contributed by atoms with Crippen molar-refractivity contribution in [2.45, 2.75) is 175 Å². The minimum absolute atomic E-state index is 0.233. The third kappa shape index (κ3) is 40.6. The van der Waals surface area contributed by atoms with E-state index >= 15 is 0 Å². The molecule has 0 N–H and O–H groups in total. The predicted molar refractivity (Wildman–Crippen MR) is 159 cm³/mol. The molecule has 0 amide bonds. The van der Waals surface area contributed by atoms with Gasteiger partial charge in [0.1, 0.15) is 0 Å². The number of rotatable bonds is 26. The van der Waals surface area contributed by atoms with E-state index in [4.69, 9.17) is 0 Å². The van der Waals surface area contributed by atoms with Crippen molar-refractivity contribution in [2.75, 3.05) is 27.7 Å². The number of carbonyl (C=O) groups is 1. The van der Waals surface area contributed by atoms with Gasteiger partial charge in [-0.2, -0.15) is 0 Å². The number of carboxylic acid groups (broad SMARTS) is 1. The molecule has 0 aromatic carbocycles. The lowest BCUT2D eigenvalue weighted by Crippen LogP contribution is -2.35. The van der Waals surface area contributed by atoms with Crippen LogP contribution in [0, 0.1) is 5.92 Å². The monoisotopic (exact) mass is 512 g/mol. The SMILES string of the molecule is CC(C)CCCCCCCCCCCCCCC(=O)[O-].CCCCCCCCCCCC[N+](C)(C)C. The Morgan fingerprint density at radius 3 is 1.22 bits per heavy atom. The van der Waals surface area contributed by atoms with Crippen LogP contribution in [0.3, 0.4) is 0 Å². The maximum Gasteiger partial charge on any atom is 0.0780 e. The first-order chi connectivity index (χ1) is 17.2. The van der Waals surface area contributed by atoms with E-state index in [0.717, 1.165) is 23.2 Å². The Hall–Kier alpha value is -0.570. The first kappa shape index (κ1) is 37.6. The summed E-state index contributed by atoms with van der Waals surface area (Å²) in [6, 6.07) is 0. The summed E-state index contributed by atoms with van der Waals surface area (Å²) in [6.45, 7) is 8.22. The van der Waals surface area contributed by atoms with E-state index in [-0.39, 0.29) is 6.42 Å². The van der Waals surface area contributed by atoms with Gasteiger partial charge in [0.25, 0.3) is 0 Å². The van der Waals surface area contributed by atoms with Gasteiger partial charge >= 0.3 is 0 Å². The normalized spacial score (nSPS) is 11.5. The van der Waals surface area contributed by atoms with Crippen LogP contribution in [0.15, 0.2) is 0 Å². The van der Waals surface area contributed by atoms with Gasteiger partial charge in [-0.1, -0.05) is 149 Å². The zero-order chi connectivity index (χ0) is 27.3. The zero-order valence-corrected chi connectivity index (χ0v) is 26.0. The van der Waals surface area contributed by atoms with Crippen LogP contribution in [0.2, 0.25) is 0 Å². The molecule has 0 unspecified atom stereocenters. The van der Waals surface area contributed by atoms with Gasteiger partial charge in [0, 0.05) is 5.97 Å². The molecule has 0 aliphatic carbocycles. The molecule has 0 atom stereocenters. The lowest BCUT2D eigenvalue weighted by atomic mass is 10.0. The van der Waals surface area contributed by atoms with E-state index in [9.17, 15) is 9.90 Å².